The smallest absolute Gasteiger partial charge is 0.213 e. The first-order chi connectivity index (χ1) is 9.92. The van der Waals surface area contributed by atoms with Gasteiger partial charge in [0.15, 0.2) is 5.82 Å². The molecule has 2 heterocycles. The summed E-state index contributed by atoms with van der Waals surface area (Å²) in [4.78, 5) is 3.99. The molecule has 0 saturated heterocycles. The van der Waals surface area contributed by atoms with Crippen LogP contribution < -0.4 is 5.32 Å². The second kappa shape index (κ2) is 6.65. The van der Waals surface area contributed by atoms with E-state index in [1.165, 1.54) is 38.5 Å². The SMILES string of the molecule is c1nc(CCNCc2ccn(C3CCCCC3)n2)no1. The summed E-state index contributed by atoms with van der Waals surface area (Å²) in [6.07, 6.45) is 10.8. The van der Waals surface area contributed by atoms with E-state index >= 15 is 0 Å². The van der Waals surface area contributed by atoms with Gasteiger partial charge in [0.2, 0.25) is 6.39 Å². The third-order valence-corrected chi connectivity index (χ3v) is 3.85. The van der Waals surface area contributed by atoms with Crippen LogP contribution in [0.3, 0.4) is 0 Å². The highest BCUT2D eigenvalue weighted by Crippen LogP contribution is 2.27. The molecule has 2 aromatic rings. The van der Waals surface area contributed by atoms with E-state index in [9.17, 15) is 0 Å². The van der Waals surface area contributed by atoms with Gasteiger partial charge < -0.3 is 9.84 Å². The molecule has 1 N–H and O–H groups in total. The summed E-state index contributed by atoms with van der Waals surface area (Å²) in [5.74, 6) is 0.741. The summed E-state index contributed by atoms with van der Waals surface area (Å²) >= 11 is 0. The molecule has 6 nitrogen and oxygen atoms in total. The summed E-state index contributed by atoms with van der Waals surface area (Å²) in [6.45, 7) is 1.62. The average Bonchev–Trinajstić information content (AvgIpc) is 3.16. The largest absolute Gasteiger partial charge is 0.343 e. The van der Waals surface area contributed by atoms with Crippen molar-refractivity contribution < 1.29 is 4.52 Å². The predicted molar refractivity (Wildman–Crippen MR) is 74.1 cm³/mol. The Kier molecular flexibility index (Phi) is 4.42. The van der Waals surface area contributed by atoms with Crippen molar-refractivity contribution in [2.24, 2.45) is 0 Å². The van der Waals surface area contributed by atoms with Gasteiger partial charge in [0.05, 0.1) is 11.7 Å². The summed E-state index contributed by atoms with van der Waals surface area (Å²) < 4.78 is 6.84. The molecule has 3 rings (SSSR count). The zero-order valence-corrected chi connectivity index (χ0v) is 11.7. The Labute approximate surface area is 118 Å². The van der Waals surface area contributed by atoms with Gasteiger partial charge in [-0.2, -0.15) is 10.1 Å². The zero-order chi connectivity index (χ0) is 13.6. The Morgan fingerprint density at radius 1 is 1.30 bits per heavy atom. The van der Waals surface area contributed by atoms with Gasteiger partial charge in [0, 0.05) is 25.7 Å². The number of nitrogens with zero attached hydrogens (tertiary/aromatic N) is 4. The predicted octanol–water partition coefficient (Wildman–Crippen LogP) is 2.10. The lowest BCUT2D eigenvalue weighted by molar-refractivity contribution is 0.327. The van der Waals surface area contributed by atoms with Gasteiger partial charge in [0.1, 0.15) is 0 Å². The van der Waals surface area contributed by atoms with E-state index in [4.69, 9.17) is 4.52 Å². The van der Waals surface area contributed by atoms with Crippen LogP contribution >= 0.6 is 0 Å². The van der Waals surface area contributed by atoms with E-state index in [0.29, 0.717) is 6.04 Å². The van der Waals surface area contributed by atoms with Gasteiger partial charge in [-0.3, -0.25) is 4.68 Å². The molecule has 1 aliphatic carbocycles. The first kappa shape index (κ1) is 13.3. The zero-order valence-electron chi connectivity index (χ0n) is 11.7. The number of rotatable bonds is 6. The molecule has 0 aromatic carbocycles. The van der Waals surface area contributed by atoms with Gasteiger partial charge in [0.25, 0.3) is 0 Å². The molecule has 1 fully saturated rings. The highest BCUT2D eigenvalue weighted by molar-refractivity contribution is 4.99. The molecule has 0 aliphatic heterocycles. The fraction of sp³-hybridized carbons (Fsp3) is 0.643. The van der Waals surface area contributed by atoms with Crippen LogP contribution in [0.4, 0.5) is 0 Å². The first-order valence-corrected chi connectivity index (χ1v) is 7.42. The van der Waals surface area contributed by atoms with Crippen molar-refractivity contribution in [1.29, 1.82) is 0 Å². The third kappa shape index (κ3) is 3.45. The van der Waals surface area contributed by atoms with E-state index in [0.717, 1.165) is 31.0 Å². The lowest BCUT2D eigenvalue weighted by Crippen LogP contribution is -2.18. The second-order valence-corrected chi connectivity index (χ2v) is 5.35. The quantitative estimate of drug-likeness (QED) is 0.818. The molecule has 6 heteroatoms. The van der Waals surface area contributed by atoms with Gasteiger partial charge in [-0.1, -0.05) is 24.4 Å². The van der Waals surface area contributed by atoms with Crippen LogP contribution in [0, 0.1) is 0 Å². The molecule has 1 aliphatic rings. The van der Waals surface area contributed by atoms with E-state index in [2.05, 4.69) is 37.5 Å². The minimum absolute atomic E-state index is 0.608. The number of hydrogen-bond donors (Lipinski definition) is 1. The van der Waals surface area contributed by atoms with Crippen LogP contribution in [0.15, 0.2) is 23.2 Å². The Bertz CT molecular complexity index is 501. The fourth-order valence-corrected chi connectivity index (χ4v) is 2.74. The molecule has 20 heavy (non-hydrogen) atoms. The lowest BCUT2D eigenvalue weighted by Gasteiger charge is -2.21. The van der Waals surface area contributed by atoms with Crippen LogP contribution in [-0.4, -0.2) is 26.5 Å². The molecule has 2 aromatic heterocycles. The van der Waals surface area contributed by atoms with E-state index in [-0.39, 0.29) is 0 Å². The molecular formula is C14H21N5O. The minimum Gasteiger partial charge on any atom is -0.343 e. The molecular weight excluding hydrogens is 254 g/mol. The molecule has 0 bridgehead atoms. The summed E-state index contributed by atoms with van der Waals surface area (Å²) in [5, 5.41) is 11.8. The normalized spacial score (nSPS) is 16.6. The van der Waals surface area contributed by atoms with Crippen molar-refractivity contribution in [2.75, 3.05) is 6.54 Å². The van der Waals surface area contributed by atoms with Crippen LogP contribution in [0.25, 0.3) is 0 Å². The lowest BCUT2D eigenvalue weighted by atomic mass is 9.96. The Hall–Kier alpha value is -1.69. The summed E-state index contributed by atoms with van der Waals surface area (Å²) in [7, 11) is 0. The third-order valence-electron chi connectivity index (χ3n) is 3.85. The Balaban J connectivity index is 1.42. The van der Waals surface area contributed by atoms with Crippen molar-refractivity contribution in [3.63, 3.8) is 0 Å². The molecule has 1 saturated carbocycles. The van der Waals surface area contributed by atoms with Crippen LogP contribution in [0.5, 0.6) is 0 Å². The van der Waals surface area contributed by atoms with Crippen molar-refractivity contribution in [3.8, 4) is 0 Å². The maximum atomic E-state index is 4.70. The highest BCUT2D eigenvalue weighted by Gasteiger charge is 2.15. The van der Waals surface area contributed by atoms with Crippen LogP contribution in [0.2, 0.25) is 0 Å². The molecule has 0 radical (unpaired) electrons. The molecule has 0 amide bonds. The standard InChI is InChI=1S/C14H21N5O/c1-2-4-13(5-3-1)19-9-7-12(17-19)10-15-8-6-14-16-11-20-18-14/h7,9,11,13,15H,1-6,8,10H2. The van der Waals surface area contributed by atoms with E-state index in [1.807, 2.05) is 0 Å². The second-order valence-electron chi connectivity index (χ2n) is 5.35. The van der Waals surface area contributed by atoms with Crippen molar-refractivity contribution >= 4 is 0 Å². The first-order valence-electron chi connectivity index (χ1n) is 7.42. The van der Waals surface area contributed by atoms with Crippen LogP contribution in [0.1, 0.15) is 49.7 Å². The van der Waals surface area contributed by atoms with Gasteiger partial charge in [-0.05, 0) is 18.9 Å². The molecule has 108 valence electrons. The molecule has 0 unspecified atom stereocenters. The van der Waals surface area contributed by atoms with Gasteiger partial charge in [-0.15, -0.1) is 0 Å². The van der Waals surface area contributed by atoms with Crippen molar-refractivity contribution in [3.05, 3.63) is 30.2 Å². The van der Waals surface area contributed by atoms with E-state index in [1.54, 1.807) is 0 Å². The molecule has 0 spiro atoms. The van der Waals surface area contributed by atoms with Crippen molar-refractivity contribution in [2.45, 2.75) is 51.1 Å². The molecule has 0 atom stereocenters. The highest BCUT2D eigenvalue weighted by atomic mass is 16.5. The van der Waals surface area contributed by atoms with Crippen LogP contribution in [-0.2, 0) is 13.0 Å². The number of nitrogens with one attached hydrogen (secondary N) is 1. The topological polar surface area (TPSA) is 68.8 Å². The summed E-state index contributed by atoms with van der Waals surface area (Å²) in [5.41, 5.74) is 1.10. The maximum absolute atomic E-state index is 4.70. The average molecular weight is 275 g/mol. The minimum atomic E-state index is 0.608. The number of aromatic nitrogens is 4. The summed E-state index contributed by atoms with van der Waals surface area (Å²) in [6, 6.07) is 2.72. The van der Waals surface area contributed by atoms with Gasteiger partial charge in [-0.25, -0.2) is 0 Å². The monoisotopic (exact) mass is 275 g/mol. The maximum Gasteiger partial charge on any atom is 0.213 e. The fourth-order valence-electron chi connectivity index (χ4n) is 2.74. The Morgan fingerprint density at radius 3 is 3.00 bits per heavy atom. The number of hydrogen-bond acceptors (Lipinski definition) is 5. The Morgan fingerprint density at radius 2 is 2.20 bits per heavy atom. The van der Waals surface area contributed by atoms with E-state index < -0.39 is 0 Å². The van der Waals surface area contributed by atoms with Crippen molar-refractivity contribution in [1.82, 2.24) is 25.2 Å². The van der Waals surface area contributed by atoms with Gasteiger partial charge >= 0.3 is 0 Å².